The molecular formula is C24H26N4O2. The molecule has 0 bridgehead atoms. The van der Waals surface area contributed by atoms with Gasteiger partial charge in [0.25, 0.3) is 0 Å². The van der Waals surface area contributed by atoms with Gasteiger partial charge in [-0.3, -0.25) is 0 Å². The molecule has 0 atom stereocenters. The summed E-state index contributed by atoms with van der Waals surface area (Å²) in [5.41, 5.74) is 4.99. The number of benzene rings is 3. The Labute approximate surface area is 176 Å². The zero-order chi connectivity index (χ0) is 21.3. The number of anilines is 4. The summed E-state index contributed by atoms with van der Waals surface area (Å²) in [4.78, 5) is 24.5. The number of nitrogens with one attached hydrogen (secondary N) is 4. The molecular weight excluding hydrogens is 376 g/mol. The second kappa shape index (κ2) is 10.1. The molecule has 0 spiro atoms. The van der Waals surface area contributed by atoms with Crippen molar-refractivity contribution in [2.45, 2.75) is 26.7 Å². The monoisotopic (exact) mass is 402 g/mol. The van der Waals surface area contributed by atoms with Crippen LogP contribution in [-0.4, -0.2) is 12.1 Å². The van der Waals surface area contributed by atoms with E-state index in [1.54, 1.807) is 24.3 Å². The molecule has 30 heavy (non-hydrogen) atoms. The van der Waals surface area contributed by atoms with Crippen LogP contribution in [0.3, 0.4) is 0 Å². The van der Waals surface area contributed by atoms with E-state index in [0.717, 1.165) is 12.8 Å². The Morgan fingerprint density at radius 3 is 1.30 bits per heavy atom. The zero-order valence-electron chi connectivity index (χ0n) is 17.2. The lowest BCUT2D eigenvalue weighted by atomic mass is 10.1. The first-order chi connectivity index (χ1) is 14.6. The van der Waals surface area contributed by atoms with Gasteiger partial charge in [0.2, 0.25) is 0 Å². The smallest absolute Gasteiger partial charge is 0.308 e. The van der Waals surface area contributed by atoms with Gasteiger partial charge in [0.15, 0.2) is 0 Å². The van der Waals surface area contributed by atoms with Crippen LogP contribution in [0.25, 0.3) is 0 Å². The Hall–Kier alpha value is -3.80. The topological polar surface area (TPSA) is 82.3 Å². The van der Waals surface area contributed by atoms with Crippen LogP contribution in [-0.2, 0) is 12.8 Å². The van der Waals surface area contributed by atoms with E-state index in [1.807, 2.05) is 48.5 Å². The minimum absolute atomic E-state index is 0.350. The molecule has 6 heteroatoms. The van der Waals surface area contributed by atoms with E-state index < -0.39 is 0 Å². The predicted octanol–water partition coefficient (Wildman–Crippen LogP) is 6.10. The lowest BCUT2D eigenvalue weighted by Gasteiger charge is -2.11. The maximum atomic E-state index is 12.2. The van der Waals surface area contributed by atoms with Crippen LogP contribution in [0.1, 0.15) is 25.0 Å². The second-order valence-corrected chi connectivity index (χ2v) is 6.84. The summed E-state index contributed by atoms with van der Waals surface area (Å²) in [6.07, 6.45) is 1.90. The normalized spacial score (nSPS) is 10.2. The van der Waals surface area contributed by atoms with Crippen molar-refractivity contribution >= 4 is 34.8 Å². The van der Waals surface area contributed by atoms with Gasteiger partial charge in [-0.25, -0.2) is 9.59 Å². The van der Waals surface area contributed by atoms with Crippen LogP contribution in [0.15, 0.2) is 72.8 Å². The van der Waals surface area contributed by atoms with Gasteiger partial charge in [0.1, 0.15) is 0 Å². The van der Waals surface area contributed by atoms with Crippen LogP contribution < -0.4 is 21.3 Å². The molecule has 0 radical (unpaired) electrons. The molecule has 0 aliphatic rings. The first-order valence-electron chi connectivity index (χ1n) is 9.99. The quantitative estimate of drug-likeness (QED) is 0.402. The molecule has 0 fully saturated rings. The van der Waals surface area contributed by atoms with Crippen LogP contribution >= 0.6 is 0 Å². The van der Waals surface area contributed by atoms with Gasteiger partial charge < -0.3 is 21.3 Å². The summed E-state index contributed by atoms with van der Waals surface area (Å²) < 4.78 is 0. The fourth-order valence-corrected chi connectivity index (χ4v) is 2.91. The molecule has 0 aromatic heterocycles. The Bertz CT molecular complexity index is 920. The van der Waals surface area contributed by atoms with Crippen LogP contribution in [0.4, 0.5) is 32.3 Å². The first kappa shape index (κ1) is 20.9. The van der Waals surface area contributed by atoms with Crippen molar-refractivity contribution in [3.63, 3.8) is 0 Å². The zero-order valence-corrected chi connectivity index (χ0v) is 17.2. The van der Waals surface area contributed by atoms with Crippen molar-refractivity contribution in [3.05, 3.63) is 83.9 Å². The van der Waals surface area contributed by atoms with Gasteiger partial charge in [0.05, 0.1) is 0 Å². The number of hydrogen-bond acceptors (Lipinski definition) is 2. The third-order valence-corrected chi connectivity index (χ3v) is 4.62. The fraction of sp³-hybridized carbons (Fsp3) is 0.167. The Morgan fingerprint density at radius 2 is 0.933 bits per heavy atom. The third kappa shape index (κ3) is 6.10. The van der Waals surface area contributed by atoms with Gasteiger partial charge in [-0.2, -0.15) is 0 Å². The summed E-state index contributed by atoms with van der Waals surface area (Å²) >= 11 is 0. The van der Waals surface area contributed by atoms with Crippen molar-refractivity contribution < 1.29 is 9.59 Å². The van der Waals surface area contributed by atoms with Gasteiger partial charge in [0, 0.05) is 22.7 Å². The molecule has 3 aromatic rings. The summed E-state index contributed by atoms with van der Waals surface area (Å²) in [5.74, 6) is 0. The first-order valence-corrected chi connectivity index (χ1v) is 9.99. The van der Waals surface area contributed by atoms with E-state index in [2.05, 4.69) is 35.1 Å². The largest absolute Gasteiger partial charge is 0.323 e. The number of carbonyl (C=O) groups excluding carboxylic acids is 2. The average molecular weight is 402 g/mol. The Kier molecular flexibility index (Phi) is 7.05. The Balaban J connectivity index is 1.55. The number of urea groups is 2. The van der Waals surface area contributed by atoms with E-state index in [4.69, 9.17) is 0 Å². The summed E-state index contributed by atoms with van der Waals surface area (Å²) in [6, 6.07) is 21.7. The number of carbonyl (C=O) groups is 2. The SMILES string of the molecule is CCc1ccc(NC(=O)Nc2cccc(NC(=O)Nc3ccc(CC)cc3)c2)cc1. The highest BCUT2D eigenvalue weighted by Gasteiger charge is 2.06. The van der Waals surface area contributed by atoms with E-state index in [1.165, 1.54) is 11.1 Å². The van der Waals surface area contributed by atoms with Crippen molar-refractivity contribution in [2.75, 3.05) is 21.3 Å². The standard InChI is InChI=1S/C24H26N4O2/c1-3-17-8-12-19(13-9-17)25-23(29)27-21-6-5-7-22(16-21)28-24(30)26-20-14-10-18(4-2)11-15-20/h5-16H,3-4H2,1-2H3,(H2,25,27,29)(H2,26,28,30). The van der Waals surface area contributed by atoms with Crippen molar-refractivity contribution in [1.82, 2.24) is 0 Å². The molecule has 0 saturated heterocycles. The van der Waals surface area contributed by atoms with E-state index in [-0.39, 0.29) is 12.1 Å². The molecule has 0 aliphatic heterocycles. The molecule has 6 nitrogen and oxygen atoms in total. The molecule has 3 rings (SSSR count). The average Bonchev–Trinajstić information content (AvgIpc) is 2.75. The molecule has 0 saturated carbocycles. The minimum atomic E-state index is -0.350. The molecule has 154 valence electrons. The molecule has 0 aliphatic carbocycles. The van der Waals surface area contributed by atoms with E-state index in [0.29, 0.717) is 22.7 Å². The van der Waals surface area contributed by atoms with E-state index in [9.17, 15) is 9.59 Å². The lowest BCUT2D eigenvalue weighted by molar-refractivity contribution is 0.261. The number of hydrogen-bond donors (Lipinski definition) is 4. The fourth-order valence-electron chi connectivity index (χ4n) is 2.91. The van der Waals surface area contributed by atoms with Crippen molar-refractivity contribution in [2.24, 2.45) is 0 Å². The maximum Gasteiger partial charge on any atom is 0.323 e. The third-order valence-electron chi connectivity index (χ3n) is 4.62. The van der Waals surface area contributed by atoms with Gasteiger partial charge in [-0.1, -0.05) is 44.2 Å². The lowest BCUT2D eigenvalue weighted by Crippen LogP contribution is -2.21. The second-order valence-electron chi connectivity index (χ2n) is 6.84. The molecule has 3 aromatic carbocycles. The molecule has 0 unspecified atom stereocenters. The summed E-state index contributed by atoms with van der Waals surface area (Å²) in [5, 5.41) is 11.1. The van der Waals surface area contributed by atoms with E-state index >= 15 is 0 Å². The summed E-state index contributed by atoms with van der Waals surface area (Å²) in [7, 11) is 0. The highest BCUT2D eigenvalue weighted by atomic mass is 16.2. The van der Waals surface area contributed by atoms with Gasteiger partial charge in [-0.15, -0.1) is 0 Å². The van der Waals surface area contributed by atoms with Crippen molar-refractivity contribution in [1.29, 1.82) is 0 Å². The molecule has 0 heterocycles. The van der Waals surface area contributed by atoms with Crippen LogP contribution in [0, 0.1) is 0 Å². The minimum Gasteiger partial charge on any atom is -0.308 e. The van der Waals surface area contributed by atoms with Crippen LogP contribution in [0.5, 0.6) is 0 Å². The molecule has 4 N–H and O–H groups in total. The predicted molar refractivity (Wildman–Crippen MR) is 123 cm³/mol. The maximum absolute atomic E-state index is 12.2. The van der Waals surface area contributed by atoms with Gasteiger partial charge in [-0.05, 0) is 66.4 Å². The van der Waals surface area contributed by atoms with Crippen molar-refractivity contribution in [3.8, 4) is 0 Å². The highest BCUT2D eigenvalue weighted by Crippen LogP contribution is 2.17. The summed E-state index contributed by atoms with van der Waals surface area (Å²) in [6.45, 7) is 4.16. The number of amides is 4. The number of rotatable bonds is 6. The number of aryl methyl sites for hydroxylation is 2. The van der Waals surface area contributed by atoms with Crippen LogP contribution in [0.2, 0.25) is 0 Å². The van der Waals surface area contributed by atoms with Gasteiger partial charge >= 0.3 is 12.1 Å². The molecule has 4 amide bonds. The highest BCUT2D eigenvalue weighted by molar-refractivity contribution is 6.02. The Morgan fingerprint density at radius 1 is 0.567 bits per heavy atom.